The van der Waals surface area contributed by atoms with E-state index in [0.29, 0.717) is 5.56 Å². The van der Waals surface area contributed by atoms with Gasteiger partial charge in [0.2, 0.25) is 5.91 Å². The SMILES string of the molecule is COc1cc(/C(N)=N/O)ccc1NC(=O)CCC(F)(F)F. The fraction of sp³-hybridized carbons (Fsp3) is 0.333. The molecule has 0 fully saturated rings. The third-order valence-electron chi connectivity index (χ3n) is 2.51. The molecule has 0 aliphatic carbocycles. The van der Waals surface area contributed by atoms with E-state index in [1.807, 2.05) is 0 Å². The van der Waals surface area contributed by atoms with Crippen molar-refractivity contribution in [1.82, 2.24) is 0 Å². The number of rotatable bonds is 5. The van der Waals surface area contributed by atoms with E-state index in [1.54, 1.807) is 0 Å². The number of anilines is 1. The predicted octanol–water partition coefficient (Wildman–Crippen LogP) is 2.07. The first kappa shape index (κ1) is 16.6. The van der Waals surface area contributed by atoms with Gasteiger partial charge in [0.15, 0.2) is 5.84 Å². The number of hydrogen-bond donors (Lipinski definition) is 3. The molecule has 116 valence electrons. The number of alkyl halides is 3. The molecule has 1 aromatic rings. The second-order valence-electron chi connectivity index (χ2n) is 4.06. The minimum Gasteiger partial charge on any atom is -0.495 e. The van der Waals surface area contributed by atoms with Gasteiger partial charge in [-0.3, -0.25) is 4.79 Å². The van der Waals surface area contributed by atoms with Crippen LogP contribution in [0.4, 0.5) is 18.9 Å². The maximum absolute atomic E-state index is 12.0. The first-order chi connectivity index (χ1) is 9.76. The number of carbonyl (C=O) groups excluding carboxylic acids is 1. The number of halogens is 3. The van der Waals surface area contributed by atoms with E-state index < -0.39 is 24.9 Å². The summed E-state index contributed by atoms with van der Waals surface area (Å²) in [5, 5.41) is 13.7. The van der Waals surface area contributed by atoms with Crippen LogP contribution < -0.4 is 15.8 Å². The number of ether oxygens (including phenoxy) is 1. The van der Waals surface area contributed by atoms with Crippen LogP contribution >= 0.6 is 0 Å². The lowest BCUT2D eigenvalue weighted by Gasteiger charge is -2.12. The molecule has 6 nitrogen and oxygen atoms in total. The molecule has 0 aromatic heterocycles. The largest absolute Gasteiger partial charge is 0.495 e. The molecule has 0 unspecified atom stereocenters. The van der Waals surface area contributed by atoms with Crippen molar-refractivity contribution in [2.24, 2.45) is 10.9 Å². The highest BCUT2D eigenvalue weighted by Crippen LogP contribution is 2.27. The van der Waals surface area contributed by atoms with Crippen molar-refractivity contribution >= 4 is 17.4 Å². The normalized spacial score (nSPS) is 12.1. The molecule has 0 saturated heterocycles. The second kappa shape index (κ2) is 6.82. The van der Waals surface area contributed by atoms with Crippen LogP contribution in [0.3, 0.4) is 0 Å². The molecule has 0 bridgehead atoms. The first-order valence-electron chi connectivity index (χ1n) is 5.79. The van der Waals surface area contributed by atoms with E-state index in [0.717, 1.165) is 0 Å². The van der Waals surface area contributed by atoms with Crippen molar-refractivity contribution in [3.05, 3.63) is 23.8 Å². The number of methoxy groups -OCH3 is 1. The van der Waals surface area contributed by atoms with Crippen molar-refractivity contribution in [3.8, 4) is 5.75 Å². The van der Waals surface area contributed by atoms with E-state index in [1.165, 1.54) is 25.3 Å². The highest BCUT2D eigenvalue weighted by atomic mass is 19.4. The maximum atomic E-state index is 12.0. The van der Waals surface area contributed by atoms with Gasteiger partial charge in [-0.2, -0.15) is 13.2 Å². The van der Waals surface area contributed by atoms with Gasteiger partial charge in [-0.25, -0.2) is 0 Å². The van der Waals surface area contributed by atoms with Crippen molar-refractivity contribution in [1.29, 1.82) is 0 Å². The molecule has 0 atom stereocenters. The lowest BCUT2D eigenvalue weighted by atomic mass is 10.1. The molecule has 0 spiro atoms. The molecule has 1 amide bonds. The third-order valence-corrected chi connectivity index (χ3v) is 2.51. The van der Waals surface area contributed by atoms with Gasteiger partial charge in [0.25, 0.3) is 0 Å². The van der Waals surface area contributed by atoms with Gasteiger partial charge in [0.05, 0.1) is 19.2 Å². The van der Waals surface area contributed by atoms with E-state index in [4.69, 9.17) is 15.7 Å². The number of nitrogens with two attached hydrogens (primary N) is 1. The van der Waals surface area contributed by atoms with Crippen LogP contribution in [0.2, 0.25) is 0 Å². The standard InChI is InChI=1S/C12H14F3N3O3/c1-21-9-6-7(11(16)18-20)2-3-8(9)17-10(19)4-5-12(13,14)15/h2-3,6,20H,4-5H2,1H3,(H2,16,18)(H,17,19). The first-order valence-corrected chi connectivity index (χ1v) is 5.79. The number of amidine groups is 1. The number of hydrogen-bond acceptors (Lipinski definition) is 4. The Bertz CT molecular complexity index is 544. The molecule has 1 aromatic carbocycles. The molecule has 0 aliphatic heterocycles. The van der Waals surface area contributed by atoms with Crippen molar-refractivity contribution in [2.75, 3.05) is 12.4 Å². The number of carbonyl (C=O) groups is 1. The van der Waals surface area contributed by atoms with E-state index in [2.05, 4.69) is 10.5 Å². The minimum atomic E-state index is -4.39. The highest BCUT2D eigenvalue weighted by molar-refractivity contribution is 5.99. The molecule has 1 rings (SSSR count). The number of oxime groups is 1. The molecule has 0 aliphatic rings. The molecule has 4 N–H and O–H groups in total. The lowest BCUT2D eigenvalue weighted by Crippen LogP contribution is -2.17. The van der Waals surface area contributed by atoms with Gasteiger partial charge in [-0.05, 0) is 18.2 Å². The topological polar surface area (TPSA) is 96.9 Å². The van der Waals surface area contributed by atoms with E-state index in [9.17, 15) is 18.0 Å². The smallest absolute Gasteiger partial charge is 0.389 e. The Labute approximate surface area is 118 Å². The summed E-state index contributed by atoms with van der Waals surface area (Å²) in [5.74, 6) is -0.773. The predicted molar refractivity (Wildman–Crippen MR) is 69.4 cm³/mol. The monoisotopic (exact) mass is 305 g/mol. The number of amides is 1. The average Bonchev–Trinajstić information content (AvgIpc) is 2.44. The Morgan fingerprint density at radius 1 is 1.48 bits per heavy atom. The van der Waals surface area contributed by atoms with Gasteiger partial charge in [0.1, 0.15) is 5.75 Å². The van der Waals surface area contributed by atoms with Crippen molar-refractivity contribution in [3.63, 3.8) is 0 Å². The summed E-state index contributed by atoms with van der Waals surface area (Å²) in [6, 6.07) is 4.20. The Hall–Kier alpha value is -2.45. The molecular weight excluding hydrogens is 291 g/mol. The summed E-state index contributed by atoms with van der Waals surface area (Å²) >= 11 is 0. The van der Waals surface area contributed by atoms with E-state index in [-0.39, 0.29) is 17.3 Å². The Balaban J connectivity index is 2.82. The molecule has 9 heteroatoms. The van der Waals surface area contributed by atoms with Crippen LogP contribution in [0.25, 0.3) is 0 Å². The van der Waals surface area contributed by atoms with E-state index >= 15 is 0 Å². The Kier molecular flexibility index (Phi) is 5.39. The van der Waals surface area contributed by atoms with Crippen molar-refractivity contribution < 1.29 is 27.9 Å². The van der Waals surface area contributed by atoms with Gasteiger partial charge < -0.3 is 21.0 Å². The van der Waals surface area contributed by atoms with Crippen LogP contribution in [0, 0.1) is 0 Å². The number of benzene rings is 1. The minimum absolute atomic E-state index is 0.164. The second-order valence-corrected chi connectivity index (χ2v) is 4.06. The van der Waals surface area contributed by atoms with Gasteiger partial charge >= 0.3 is 6.18 Å². The summed E-state index contributed by atoms with van der Waals surface area (Å²) in [7, 11) is 1.32. The quantitative estimate of drug-likeness (QED) is 0.336. The highest BCUT2D eigenvalue weighted by Gasteiger charge is 2.28. The van der Waals surface area contributed by atoms with Crippen molar-refractivity contribution in [2.45, 2.75) is 19.0 Å². The summed E-state index contributed by atoms with van der Waals surface area (Å²) in [6.45, 7) is 0. The molecule has 0 heterocycles. The number of nitrogens with one attached hydrogen (secondary N) is 1. The summed E-state index contributed by atoms with van der Waals surface area (Å²) in [4.78, 5) is 11.4. The third kappa shape index (κ3) is 5.21. The summed E-state index contributed by atoms with van der Waals surface area (Å²) < 4.78 is 41.1. The summed E-state index contributed by atoms with van der Waals surface area (Å²) in [5.41, 5.74) is 5.93. The molecule has 0 radical (unpaired) electrons. The molecule has 0 saturated carbocycles. The fourth-order valence-corrected chi connectivity index (χ4v) is 1.48. The van der Waals surface area contributed by atoms with Crippen LogP contribution in [0.1, 0.15) is 18.4 Å². The maximum Gasteiger partial charge on any atom is 0.389 e. The van der Waals surface area contributed by atoms with Crippen LogP contribution in [-0.4, -0.2) is 30.2 Å². The molecule has 21 heavy (non-hydrogen) atoms. The van der Waals surface area contributed by atoms with Crippen LogP contribution in [-0.2, 0) is 4.79 Å². The zero-order chi connectivity index (χ0) is 16.0. The average molecular weight is 305 g/mol. The van der Waals surface area contributed by atoms with Gasteiger partial charge in [-0.1, -0.05) is 5.16 Å². The number of nitrogens with zero attached hydrogens (tertiary/aromatic N) is 1. The lowest BCUT2D eigenvalue weighted by molar-refractivity contribution is -0.142. The van der Waals surface area contributed by atoms with Crippen LogP contribution in [0.15, 0.2) is 23.4 Å². The van der Waals surface area contributed by atoms with Crippen LogP contribution in [0.5, 0.6) is 5.75 Å². The fourth-order valence-electron chi connectivity index (χ4n) is 1.48. The zero-order valence-corrected chi connectivity index (χ0v) is 11.1. The summed E-state index contributed by atoms with van der Waals surface area (Å²) in [6.07, 6.45) is -6.28. The zero-order valence-electron chi connectivity index (χ0n) is 11.1. The Morgan fingerprint density at radius 2 is 2.14 bits per heavy atom. The Morgan fingerprint density at radius 3 is 2.67 bits per heavy atom. The van der Waals surface area contributed by atoms with Gasteiger partial charge in [-0.15, -0.1) is 0 Å². The molecular formula is C12H14F3N3O3. The van der Waals surface area contributed by atoms with Gasteiger partial charge in [0, 0.05) is 12.0 Å².